The average molecular weight is 646 g/mol. The number of amides is 1. The summed E-state index contributed by atoms with van der Waals surface area (Å²) in [6.45, 7) is 3.25. The number of halogens is 1. The highest BCUT2D eigenvalue weighted by Crippen LogP contribution is 2.43. The fourth-order valence-corrected chi connectivity index (χ4v) is 6.70. The van der Waals surface area contributed by atoms with Gasteiger partial charge < -0.3 is 29.8 Å². The predicted molar refractivity (Wildman–Crippen MR) is 176 cm³/mol. The summed E-state index contributed by atoms with van der Waals surface area (Å²) in [6, 6.07) is 13.0. The van der Waals surface area contributed by atoms with Crippen molar-refractivity contribution in [3.05, 3.63) is 96.8 Å². The molecule has 6 rings (SSSR count). The maximum atomic E-state index is 13.2. The molecule has 3 heterocycles. The summed E-state index contributed by atoms with van der Waals surface area (Å²) in [4.78, 5) is 42.7. The fraction of sp³-hybridized carbons (Fsp3) is 0.353. The van der Waals surface area contributed by atoms with E-state index in [0.29, 0.717) is 47.5 Å². The number of pyridine rings is 1. The van der Waals surface area contributed by atoms with Crippen molar-refractivity contribution < 1.29 is 19.4 Å². The summed E-state index contributed by atoms with van der Waals surface area (Å²) in [5.41, 5.74) is 4.52. The van der Waals surface area contributed by atoms with E-state index in [0.717, 1.165) is 45.2 Å². The van der Waals surface area contributed by atoms with Crippen LogP contribution in [-0.2, 0) is 25.3 Å². The molecule has 0 unspecified atom stereocenters. The van der Waals surface area contributed by atoms with Gasteiger partial charge in [-0.2, -0.15) is 0 Å². The standard InChI is InChI=1S/C34H36ClN5O6/c1-18-21(7-6-10-25(18)37-31(42)24-17-39(2)34(44)40(3)33(24)43)22-8-5-9-23(29(22)35)26-15-19-16-27(41)30(28(19)32(38-26)45-4)36-20-11-13-46-14-12-20/h5-10,15,17,20,27,30,36,41H,11-14,16H2,1-4H3,(H,37,42)/t27-,30-/m0/s1. The molecule has 46 heavy (non-hydrogen) atoms. The maximum Gasteiger partial charge on any atom is 0.330 e. The van der Waals surface area contributed by atoms with Crippen LogP contribution >= 0.6 is 11.6 Å². The number of fused-ring (bicyclic) bond motifs is 1. The molecule has 12 heteroatoms. The predicted octanol–water partition coefficient (Wildman–Crippen LogP) is 3.76. The summed E-state index contributed by atoms with van der Waals surface area (Å²) in [5, 5.41) is 17.9. The van der Waals surface area contributed by atoms with Gasteiger partial charge in [-0.1, -0.05) is 41.9 Å². The van der Waals surface area contributed by atoms with Gasteiger partial charge in [-0.25, -0.2) is 9.78 Å². The van der Waals surface area contributed by atoms with Crippen LogP contribution in [0, 0.1) is 6.92 Å². The number of methoxy groups -OCH3 is 1. The van der Waals surface area contributed by atoms with Crippen LogP contribution in [0.25, 0.3) is 22.4 Å². The van der Waals surface area contributed by atoms with Crippen LogP contribution in [0.2, 0.25) is 5.02 Å². The number of ether oxygens (including phenoxy) is 2. The minimum atomic E-state index is -0.680. The van der Waals surface area contributed by atoms with Crippen LogP contribution in [0.3, 0.4) is 0 Å². The van der Waals surface area contributed by atoms with Crippen molar-refractivity contribution in [2.24, 2.45) is 14.1 Å². The van der Waals surface area contributed by atoms with Gasteiger partial charge in [0.05, 0.1) is 30.0 Å². The summed E-state index contributed by atoms with van der Waals surface area (Å²) < 4.78 is 13.4. The van der Waals surface area contributed by atoms with E-state index in [1.807, 2.05) is 37.3 Å². The van der Waals surface area contributed by atoms with Gasteiger partial charge in [-0.05, 0) is 48.6 Å². The third-order valence-electron chi connectivity index (χ3n) is 8.90. The molecular formula is C34H36ClN5O6. The first kappa shape index (κ1) is 31.7. The summed E-state index contributed by atoms with van der Waals surface area (Å²) in [7, 11) is 4.39. The second kappa shape index (κ2) is 12.8. The maximum absolute atomic E-state index is 13.2. The Labute approximate surface area is 270 Å². The van der Waals surface area contributed by atoms with Crippen molar-refractivity contribution in [3.8, 4) is 28.3 Å². The minimum Gasteiger partial charge on any atom is -0.481 e. The zero-order valence-electron chi connectivity index (χ0n) is 26.1. The second-order valence-electron chi connectivity index (χ2n) is 11.8. The van der Waals surface area contributed by atoms with Crippen molar-refractivity contribution in [2.75, 3.05) is 25.6 Å². The Kier molecular flexibility index (Phi) is 8.84. The Morgan fingerprint density at radius 3 is 2.52 bits per heavy atom. The van der Waals surface area contributed by atoms with Crippen molar-refractivity contribution in [3.63, 3.8) is 0 Å². The number of aryl methyl sites for hydroxylation is 1. The number of benzene rings is 2. The van der Waals surface area contributed by atoms with Gasteiger partial charge in [-0.3, -0.25) is 14.2 Å². The van der Waals surface area contributed by atoms with Crippen LogP contribution in [0.1, 0.15) is 45.9 Å². The van der Waals surface area contributed by atoms with Crippen LogP contribution in [0.15, 0.2) is 58.3 Å². The van der Waals surface area contributed by atoms with Crippen LogP contribution in [0.5, 0.6) is 5.88 Å². The molecule has 0 spiro atoms. The number of hydrogen-bond donors (Lipinski definition) is 3. The van der Waals surface area contributed by atoms with E-state index in [4.69, 9.17) is 26.1 Å². The lowest BCUT2D eigenvalue weighted by atomic mass is 9.96. The fourth-order valence-electron chi connectivity index (χ4n) is 6.38. The SMILES string of the molecule is COc1nc(-c2cccc(-c3cccc(NC(=O)c4cn(C)c(=O)n(C)c4=O)c3C)c2Cl)cc2c1[C@@H](NC1CCOCC1)[C@@H](O)C2. The molecule has 2 aromatic heterocycles. The molecule has 11 nitrogen and oxygen atoms in total. The highest BCUT2D eigenvalue weighted by molar-refractivity contribution is 6.36. The van der Waals surface area contributed by atoms with Gasteiger partial charge in [0.15, 0.2) is 0 Å². The van der Waals surface area contributed by atoms with Crippen molar-refractivity contribution in [2.45, 2.75) is 44.4 Å². The summed E-state index contributed by atoms with van der Waals surface area (Å²) >= 11 is 7.09. The zero-order chi connectivity index (χ0) is 32.7. The van der Waals surface area contributed by atoms with Gasteiger partial charge in [0.2, 0.25) is 5.88 Å². The largest absolute Gasteiger partial charge is 0.481 e. The molecule has 2 atom stereocenters. The summed E-state index contributed by atoms with van der Waals surface area (Å²) in [6.07, 6.45) is 2.83. The minimum absolute atomic E-state index is 0.152. The monoisotopic (exact) mass is 645 g/mol. The first-order chi connectivity index (χ1) is 22.1. The average Bonchev–Trinajstić information content (AvgIpc) is 3.37. The number of aliphatic hydroxyl groups is 1. The first-order valence-corrected chi connectivity index (χ1v) is 15.5. The Balaban J connectivity index is 1.33. The lowest BCUT2D eigenvalue weighted by Gasteiger charge is -2.29. The molecule has 1 aliphatic heterocycles. The number of aliphatic hydroxyl groups excluding tert-OH is 1. The number of carbonyl (C=O) groups excluding carboxylic acids is 1. The van der Waals surface area contributed by atoms with Crippen LogP contribution in [-0.4, -0.2) is 57.6 Å². The Hall–Kier alpha value is -4.29. The number of anilines is 1. The van der Waals surface area contributed by atoms with E-state index in [2.05, 4.69) is 10.6 Å². The van der Waals surface area contributed by atoms with Gasteiger partial charge in [0, 0.05) is 68.3 Å². The number of carbonyl (C=O) groups is 1. The third kappa shape index (κ3) is 5.75. The van der Waals surface area contributed by atoms with E-state index >= 15 is 0 Å². The number of aromatic nitrogens is 3. The van der Waals surface area contributed by atoms with Crippen molar-refractivity contribution >= 4 is 23.2 Å². The molecule has 0 radical (unpaired) electrons. The Morgan fingerprint density at radius 2 is 1.78 bits per heavy atom. The molecule has 2 aliphatic rings. The summed E-state index contributed by atoms with van der Waals surface area (Å²) in [5.74, 6) is -0.182. The molecular weight excluding hydrogens is 610 g/mol. The molecule has 2 aromatic carbocycles. The highest BCUT2D eigenvalue weighted by Gasteiger charge is 2.37. The molecule has 1 aliphatic carbocycles. The smallest absolute Gasteiger partial charge is 0.330 e. The van der Waals surface area contributed by atoms with Crippen molar-refractivity contribution in [1.82, 2.24) is 19.4 Å². The van der Waals surface area contributed by atoms with E-state index in [9.17, 15) is 19.5 Å². The third-order valence-corrected chi connectivity index (χ3v) is 9.31. The van der Waals surface area contributed by atoms with E-state index in [1.54, 1.807) is 19.2 Å². The van der Waals surface area contributed by atoms with Crippen LogP contribution < -0.4 is 26.6 Å². The number of nitrogens with one attached hydrogen (secondary N) is 2. The van der Waals surface area contributed by atoms with Gasteiger partial charge in [-0.15, -0.1) is 0 Å². The molecule has 4 aromatic rings. The topological polar surface area (TPSA) is 137 Å². The zero-order valence-corrected chi connectivity index (χ0v) is 26.9. The first-order valence-electron chi connectivity index (χ1n) is 15.2. The molecule has 1 saturated heterocycles. The molecule has 0 saturated carbocycles. The van der Waals surface area contributed by atoms with Gasteiger partial charge >= 0.3 is 5.69 Å². The number of hydrogen-bond acceptors (Lipinski definition) is 8. The van der Waals surface area contributed by atoms with Gasteiger partial charge in [0.1, 0.15) is 5.56 Å². The lowest BCUT2D eigenvalue weighted by molar-refractivity contribution is 0.0632. The second-order valence-corrected chi connectivity index (χ2v) is 12.2. The lowest BCUT2D eigenvalue weighted by Crippen LogP contribution is -2.40. The molecule has 240 valence electrons. The molecule has 1 fully saturated rings. The Bertz CT molecular complexity index is 1950. The van der Waals surface area contributed by atoms with Gasteiger partial charge in [0.25, 0.3) is 11.5 Å². The normalized spacial score (nSPS) is 18.0. The molecule has 0 bridgehead atoms. The van der Waals surface area contributed by atoms with E-state index in [-0.39, 0.29) is 17.6 Å². The quantitative estimate of drug-likeness (QED) is 0.276. The Morgan fingerprint density at radius 1 is 1.09 bits per heavy atom. The van der Waals surface area contributed by atoms with E-state index in [1.165, 1.54) is 24.9 Å². The number of nitrogens with zero attached hydrogens (tertiary/aromatic N) is 3. The van der Waals surface area contributed by atoms with E-state index < -0.39 is 23.3 Å². The van der Waals surface area contributed by atoms with Crippen LogP contribution in [0.4, 0.5) is 5.69 Å². The number of rotatable bonds is 7. The van der Waals surface area contributed by atoms with Crippen molar-refractivity contribution in [1.29, 1.82) is 0 Å². The molecule has 3 N–H and O–H groups in total. The highest BCUT2D eigenvalue weighted by atomic mass is 35.5. The molecule has 1 amide bonds.